The molecule has 0 spiro atoms. The molecule has 1 amide bonds. The summed E-state index contributed by atoms with van der Waals surface area (Å²) in [5.74, 6) is 0.490. The average Bonchev–Trinajstić information content (AvgIpc) is 2.81. The summed E-state index contributed by atoms with van der Waals surface area (Å²) < 4.78 is 10.4. The summed E-state index contributed by atoms with van der Waals surface area (Å²) in [6, 6.07) is 7.34. The SMILES string of the molecule is COc1ccc(CNC(=O)CC2OC(CN)C(O)C2O)cc1. The fourth-order valence-electron chi connectivity index (χ4n) is 2.39. The van der Waals surface area contributed by atoms with Crippen molar-refractivity contribution in [1.29, 1.82) is 0 Å². The standard InChI is InChI=1S/C15H22N2O5/c1-21-10-4-2-9(3-5-10)8-17-13(18)6-11-14(19)15(20)12(7-16)22-11/h2-5,11-12,14-15,19-20H,6-8,16H2,1H3,(H,17,18). The van der Waals surface area contributed by atoms with Crippen molar-refractivity contribution in [2.45, 2.75) is 37.4 Å². The Bertz CT molecular complexity index is 493. The summed E-state index contributed by atoms with van der Waals surface area (Å²) in [5, 5.41) is 22.3. The summed E-state index contributed by atoms with van der Waals surface area (Å²) in [4.78, 5) is 11.9. The second-order valence-corrected chi connectivity index (χ2v) is 5.26. The van der Waals surface area contributed by atoms with E-state index in [0.29, 0.717) is 6.54 Å². The van der Waals surface area contributed by atoms with Gasteiger partial charge in [-0.2, -0.15) is 0 Å². The molecule has 22 heavy (non-hydrogen) atoms. The van der Waals surface area contributed by atoms with Crippen LogP contribution in [0.25, 0.3) is 0 Å². The van der Waals surface area contributed by atoms with E-state index in [0.717, 1.165) is 11.3 Å². The highest BCUT2D eigenvalue weighted by molar-refractivity contribution is 5.76. The minimum absolute atomic E-state index is 0.0229. The molecule has 7 heteroatoms. The lowest BCUT2D eigenvalue weighted by Crippen LogP contribution is -2.37. The molecule has 1 aromatic rings. The summed E-state index contributed by atoms with van der Waals surface area (Å²) in [7, 11) is 1.59. The van der Waals surface area contributed by atoms with E-state index >= 15 is 0 Å². The van der Waals surface area contributed by atoms with E-state index in [1.807, 2.05) is 24.3 Å². The highest BCUT2D eigenvalue weighted by atomic mass is 16.5. The Morgan fingerprint density at radius 1 is 1.27 bits per heavy atom. The van der Waals surface area contributed by atoms with Crippen molar-refractivity contribution in [3.8, 4) is 5.75 Å². The maximum Gasteiger partial charge on any atom is 0.222 e. The normalized spacial score (nSPS) is 27.6. The van der Waals surface area contributed by atoms with Crippen LogP contribution in [-0.2, 0) is 16.1 Å². The number of methoxy groups -OCH3 is 1. The van der Waals surface area contributed by atoms with Crippen LogP contribution in [0.15, 0.2) is 24.3 Å². The average molecular weight is 310 g/mol. The van der Waals surface area contributed by atoms with Gasteiger partial charge in [0, 0.05) is 13.1 Å². The Balaban J connectivity index is 1.80. The molecule has 1 heterocycles. The lowest BCUT2D eigenvalue weighted by Gasteiger charge is -2.14. The maximum absolute atomic E-state index is 11.9. The third kappa shape index (κ3) is 3.95. The van der Waals surface area contributed by atoms with Gasteiger partial charge in [-0.1, -0.05) is 12.1 Å². The lowest BCUT2D eigenvalue weighted by molar-refractivity contribution is -0.125. The largest absolute Gasteiger partial charge is 0.497 e. The third-order valence-electron chi connectivity index (χ3n) is 3.73. The van der Waals surface area contributed by atoms with Gasteiger partial charge >= 0.3 is 0 Å². The quantitative estimate of drug-likeness (QED) is 0.544. The van der Waals surface area contributed by atoms with E-state index < -0.39 is 24.4 Å². The molecule has 1 aliphatic heterocycles. The Hall–Kier alpha value is -1.67. The van der Waals surface area contributed by atoms with Gasteiger partial charge in [-0.15, -0.1) is 0 Å². The Morgan fingerprint density at radius 2 is 1.91 bits per heavy atom. The first kappa shape index (κ1) is 16.7. The van der Waals surface area contributed by atoms with Gasteiger partial charge in [-0.05, 0) is 17.7 Å². The number of nitrogens with two attached hydrogens (primary N) is 1. The van der Waals surface area contributed by atoms with Crippen molar-refractivity contribution < 1.29 is 24.5 Å². The van der Waals surface area contributed by atoms with Gasteiger partial charge in [0.1, 0.15) is 18.0 Å². The van der Waals surface area contributed by atoms with E-state index in [4.69, 9.17) is 15.2 Å². The number of carbonyl (C=O) groups excluding carboxylic acids is 1. The van der Waals surface area contributed by atoms with Crippen LogP contribution in [0.2, 0.25) is 0 Å². The molecule has 122 valence electrons. The van der Waals surface area contributed by atoms with Crippen molar-refractivity contribution in [2.24, 2.45) is 5.73 Å². The first-order valence-corrected chi connectivity index (χ1v) is 7.16. The number of amides is 1. The monoisotopic (exact) mass is 310 g/mol. The van der Waals surface area contributed by atoms with Crippen LogP contribution in [-0.4, -0.2) is 54.2 Å². The molecule has 5 N–H and O–H groups in total. The van der Waals surface area contributed by atoms with E-state index in [1.165, 1.54) is 0 Å². The Labute approximate surface area is 129 Å². The summed E-state index contributed by atoms with van der Waals surface area (Å²) in [5.41, 5.74) is 6.36. The molecule has 0 aliphatic carbocycles. The van der Waals surface area contributed by atoms with Crippen LogP contribution < -0.4 is 15.8 Å². The minimum atomic E-state index is -1.10. The van der Waals surface area contributed by atoms with Gasteiger partial charge < -0.3 is 30.7 Å². The van der Waals surface area contributed by atoms with Crippen molar-refractivity contribution >= 4 is 5.91 Å². The maximum atomic E-state index is 11.9. The predicted octanol–water partition coefficient (Wildman–Crippen LogP) is -0.851. The molecule has 4 atom stereocenters. The molecular formula is C15H22N2O5. The van der Waals surface area contributed by atoms with E-state index in [1.54, 1.807) is 7.11 Å². The molecule has 0 aromatic heterocycles. The third-order valence-corrected chi connectivity index (χ3v) is 3.73. The molecule has 1 saturated heterocycles. The smallest absolute Gasteiger partial charge is 0.222 e. The number of hydrogen-bond donors (Lipinski definition) is 4. The van der Waals surface area contributed by atoms with E-state index in [2.05, 4.69) is 5.32 Å². The molecular weight excluding hydrogens is 288 g/mol. The number of benzene rings is 1. The topological polar surface area (TPSA) is 114 Å². The predicted molar refractivity (Wildman–Crippen MR) is 79.2 cm³/mol. The second kappa shape index (κ2) is 7.55. The zero-order valence-electron chi connectivity index (χ0n) is 12.4. The van der Waals surface area contributed by atoms with Crippen molar-refractivity contribution in [2.75, 3.05) is 13.7 Å². The number of aliphatic hydroxyl groups excluding tert-OH is 2. The van der Waals surface area contributed by atoms with E-state index in [9.17, 15) is 15.0 Å². The van der Waals surface area contributed by atoms with Crippen molar-refractivity contribution in [3.05, 3.63) is 29.8 Å². The van der Waals surface area contributed by atoms with Crippen molar-refractivity contribution in [3.63, 3.8) is 0 Å². The van der Waals surface area contributed by atoms with Gasteiger partial charge in [0.05, 0.1) is 25.7 Å². The van der Waals surface area contributed by atoms with Gasteiger partial charge in [0.15, 0.2) is 0 Å². The summed E-state index contributed by atoms with van der Waals surface area (Å²) >= 11 is 0. The highest BCUT2D eigenvalue weighted by Crippen LogP contribution is 2.23. The first-order valence-electron chi connectivity index (χ1n) is 7.16. The van der Waals surface area contributed by atoms with Crippen LogP contribution in [0.3, 0.4) is 0 Å². The molecule has 0 bridgehead atoms. The number of ether oxygens (including phenoxy) is 2. The zero-order valence-corrected chi connectivity index (χ0v) is 12.4. The Kier molecular flexibility index (Phi) is 5.73. The molecule has 1 fully saturated rings. The molecule has 0 saturated carbocycles. The van der Waals surface area contributed by atoms with Crippen LogP contribution in [0.1, 0.15) is 12.0 Å². The summed E-state index contributed by atoms with van der Waals surface area (Å²) in [6.07, 6.45) is -3.54. The van der Waals surface area contributed by atoms with Crippen LogP contribution in [0, 0.1) is 0 Å². The summed E-state index contributed by atoms with van der Waals surface area (Å²) in [6.45, 7) is 0.469. The number of carbonyl (C=O) groups is 1. The molecule has 1 aliphatic rings. The fourth-order valence-corrected chi connectivity index (χ4v) is 2.39. The zero-order chi connectivity index (χ0) is 16.1. The fraction of sp³-hybridized carbons (Fsp3) is 0.533. The van der Waals surface area contributed by atoms with Gasteiger partial charge in [0.25, 0.3) is 0 Å². The Morgan fingerprint density at radius 3 is 2.45 bits per heavy atom. The number of hydrogen-bond acceptors (Lipinski definition) is 6. The van der Waals surface area contributed by atoms with E-state index in [-0.39, 0.29) is 18.9 Å². The van der Waals surface area contributed by atoms with Crippen molar-refractivity contribution in [1.82, 2.24) is 5.32 Å². The minimum Gasteiger partial charge on any atom is -0.497 e. The lowest BCUT2D eigenvalue weighted by atomic mass is 10.1. The second-order valence-electron chi connectivity index (χ2n) is 5.26. The number of rotatable bonds is 6. The van der Waals surface area contributed by atoms with Gasteiger partial charge in [-0.3, -0.25) is 4.79 Å². The molecule has 0 radical (unpaired) electrons. The highest BCUT2D eigenvalue weighted by Gasteiger charge is 2.42. The number of nitrogens with one attached hydrogen (secondary N) is 1. The van der Waals surface area contributed by atoms with Crippen LogP contribution in [0.5, 0.6) is 5.75 Å². The molecule has 7 nitrogen and oxygen atoms in total. The van der Waals surface area contributed by atoms with Crippen LogP contribution >= 0.6 is 0 Å². The first-order chi connectivity index (χ1) is 10.5. The number of aliphatic hydroxyl groups is 2. The molecule has 4 unspecified atom stereocenters. The van der Waals surface area contributed by atoms with Gasteiger partial charge in [-0.25, -0.2) is 0 Å². The molecule has 1 aromatic carbocycles. The molecule has 2 rings (SSSR count). The van der Waals surface area contributed by atoms with Gasteiger partial charge in [0.2, 0.25) is 5.91 Å². The van der Waals surface area contributed by atoms with Crippen LogP contribution in [0.4, 0.5) is 0 Å².